The van der Waals surface area contributed by atoms with Crippen molar-refractivity contribution in [2.24, 2.45) is 5.10 Å². The zero-order chi connectivity index (χ0) is 25.2. The van der Waals surface area contributed by atoms with E-state index >= 15 is 0 Å². The van der Waals surface area contributed by atoms with Gasteiger partial charge in [0.15, 0.2) is 0 Å². The fourth-order valence-corrected chi connectivity index (χ4v) is 3.40. The molecule has 35 heavy (non-hydrogen) atoms. The number of rotatable bonds is 11. The molecular formula is C24H21Cl2N3O6. The minimum Gasteiger partial charge on any atom is -0.492 e. The van der Waals surface area contributed by atoms with Gasteiger partial charge in [0, 0.05) is 17.0 Å². The highest BCUT2D eigenvalue weighted by Gasteiger charge is 2.13. The number of carbonyl (C=O) groups excluding carboxylic acids is 2. The largest absolute Gasteiger partial charge is 0.492 e. The fourth-order valence-electron chi connectivity index (χ4n) is 2.93. The first-order valence-corrected chi connectivity index (χ1v) is 11.2. The normalized spacial score (nSPS) is 10.8. The van der Waals surface area contributed by atoms with Crippen LogP contribution >= 0.6 is 23.2 Å². The molecule has 1 heterocycles. The number of hydrogen-bond acceptors (Lipinski definition) is 6. The molecule has 2 amide bonds. The van der Waals surface area contributed by atoms with E-state index in [-0.39, 0.29) is 31.0 Å². The Kier molecular flexibility index (Phi) is 9.28. The van der Waals surface area contributed by atoms with E-state index in [1.165, 1.54) is 12.3 Å². The van der Waals surface area contributed by atoms with Gasteiger partial charge in [-0.3, -0.25) is 9.59 Å². The van der Waals surface area contributed by atoms with Crippen LogP contribution in [0.1, 0.15) is 29.0 Å². The molecule has 0 aliphatic rings. The lowest BCUT2D eigenvalue weighted by atomic mass is 10.1. The summed E-state index contributed by atoms with van der Waals surface area (Å²) < 4.78 is 11.1. The number of carboxylic acid groups (broad SMARTS) is 1. The monoisotopic (exact) mass is 517 g/mol. The van der Waals surface area contributed by atoms with Gasteiger partial charge in [0.1, 0.15) is 17.3 Å². The molecule has 2 aromatic carbocycles. The third-order valence-corrected chi connectivity index (χ3v) is 5.11. The maximum atomic E-state index is 11.9. The number of nitrogens with zero attached hydrogens (tertiary/aromatic N) is 1. The Hall–Kier alpha value is -3.82. The molecule has 11 heteroatoms. The maximum absolute atomic E-state index is 11.9. The van der Waals surface area contributed by atoms with Gasteiger partial charge in [-0.25, -0.2) is 10.2 Å². The third-order valence-electron chi connectivity index (χ3n) is 4.58. The fraction of sp³-hybridized carbons (Fsp3) is 0.167. The number of hydrazone groups is 1. The summed E-state index contributed by atoms with van der Waals surface area (Å²) in [5.41, 5.74) is 2.81. The minimum absolute atomic E-state index is 0.106. The number of aromatic carboxylic acids is 1. The van der Waals surface area contributed by atoms with E-state index in [0.29, 0.717) is 39.3 Å². The molecule has 0 saturated carbocycles. The molecule has 3 rings (SSSR count). The quantitative estimate of drug-likeness (QED) is 0.196. The van der Waals surface area contributed by atoms with Gasteiger partial charge >= 0.3 is 5.97 Å². The maximum Gasteiger partial charge on any atom is 0.336 e. The number of amides is 2. The Bertz CT molecular complexity index is 1240. The van der Waals surface area contributed by atoms with E-state index in [1.807, 2.05) is 0 Å². The van der Waals surface area contributed by atoms with Gasteiger partial charge in [0.2, 0.25) is 5.91 Å². The summed E-state index contributed by atoms with van der Waals surface area (Å²) in [5.74, 6) is -0.774. The average molecular weight is 518 g/mol. The smallest absolute Gasteiger partial charge is 0.336 e. The van der Waals surface area contributed by atoms with Gasteiger partial charge in [-0.05, 0) is 42.8 Å². The van der Waals surface area contributed by atoms with Crippen molar-refractivity contribution in [2.45, 2.75) is 12.8 Å². The van der Waals surface area contributed by atoms with Crippen LogP contribution in [-0.2, 0) is 9.59 Å². The first-order valence-electron chi connectivity index (χ1n) is 10.4. The molecule has 0 aliphatic heterocycles. The third kappa shape index (κ3) is 7.87. The first-order chi connectivity index (χ1) is 16.8. The molecule has 0 aliphatic carbocycles. The van der Waals surface area contributed by atoms with E-state index in [1.54, 1.807) is 48.5 Å². The molecule has 0 bridgehead atoms. The first kappa shape index (κ1) is 25.8. The van der Waals surface area contributed by atoms with Crippen LogP contribution < -0.4 is 15.5 Å². The molecule has 9 nitrogen and oxygen atoms in total. The summed E-state index contributed by atoms with van der Waals surface area (Å²) in [4.78, 5) is 35.1. The Morgan fingerprint density at radius 3 is 2.63 bits per heavy atom. The van der Waals surface area contributed by atoms with Crippen LogP contribution in [0.2, 0.25) is 10.0 Å². The Morgan fingerprint density at radius 2 is 1.86 bits per heavy atom. The molecule has 1 aromatic heterocycles. The predicted molar refractivity (Wildman–Crippen MR) is 131 cm³/mol. The Balaban J connectivity index is 1.37. The number of nitrogens with one attached hydrogen (secondary N) is 2. The van der Waals surface area contributed by atoms with Crippen molar-refractivity contribution < 1.29 is 28.6 Å². The molecule has 3 N–H and O–H groups in total. The van der Waals surface area contributed by atoms with Crippen molar-refractivity contribution in [3.8, 4) is 17.1 Å². The number of hydrogen-bond donors (Lipinski definition) is 3. The number of carbonyl (C=O) groups is 3. The second-order valence-electron chi connectivity index (χ2n) is 7.15. The average Bonchev–Trinajstić information content (AvgIpc) is 3.30. The van der Waals surface area contributed by atoms with Crippen molar-refractivity contribution in [1.82, 2.24) is 10.7 Å². The molecule has 0 radical (unpaired) electrons. The molecule has 0 atom stereocenters. The van der Waals surface area contributed by atoms with Crippen molar-refractivity contribution in [3.05, 3.63) is 76.0 Å². The van der Waals surface area contributed by atoms with Gasteiger partial charge in [-0.1, -0.05) is 41.4 Å². The summed E-state index contributed by atoms with van der Waals surface area (Å²) in [6, 6.07) is 14.5. The molecule has 182 valence electrons. The van der Waals surface area contributed by atoms with Crippen LogP contribution in [0.4, 0.5) is 0 Å². The van der Waals surface area contributed by atoms with Crippen molar-refractivity contribution in [2.75, 3.05) is 13.2 Å². The second-order valence-corrected chi connectivity index (χ2v) is 7.99. The Morgan fingerprint density at radius 1 is 1.06 bits per heavy atom. The zero-order valence-electron chi connectivity index (χ0n) is 18.3. The molecule has 0 fully saturated rings. The lowest BCUT2D eigenvalue weighted by molar-refractivity contribution is -0.126. The minimum atomic E-state index is -1.07. The highest BCUT2D eigenvalue weighted by molar-refractivity contribution is 6.35. The lowest BCUT2D eigenvalue weighted by Crippen LogP contribution is -2.34. The van der Waals surface area contributed by atoms with E-state index in [0.717, 1.165) is 0 Å². The van der Waals surface area contributed by atoms with Crippen molar-refractivity contribution >= 4 is 47.2 Å². The van der Waals surface area contributed by atoms with E-state index in [4.69, 9.17) is 32.4 Å². The van der Waals surface area contributed by atoms with Crippen LogP contribution in [0.5, 0.6) is 5.75 Å². The van der Waals surface area contributed by atoms with Gasteiger partial charge < -0.3 is 19.6 Å². The van der Waals surface area contributed by atoms with E-state index < -0.39 is 11.9 Å². The zero-order valence-corrected chi connectivity index (χ0v) is 19.8. The SMILES string of the molecule is O=C(CCCOc1ccc(Cl)cc1Cl)NCC(=O)N/N=C\c1ccc(-c2ccccc2C(=O)O)o1. The summed E-state index contributed by atoms with van der Waals surface area (Å²) in [7, 11) is 0. The number of carboxylic acids is 1. The number of ether oxygens (including phenoxy) is 1. The summed E-state index contributed by atoms with van der Waals surface area (Å²) in [5, 5.41) is 16.4. The van der Waals surface area contributed by atoms with Gasteiger partial charge in [-0.2, -0.15) is 5.10 Å². The van der Waals surface area contributed by atoms with Crippen LogP contribution in [0.25, 0.3) is 11.3 Å². The summed E-state index contributed by atoms with van der Waals surface area (Å²) >= 11 is 11.8. The molecule has 0 saturated heterocycles. The van der Waals surface area contributed by atoms with Crippen LogP contribution in [0.15, 0.2) is 64.1 Å². The topological polar surface area (TPSA) is 130 Å². The summed E-state index contributed by atoms with van der Waals surface area (Å²) in [6.45, 7) is 0.0166. The molecule has 0 unspecified atom stereocenters. The standard InChI is InChI=1S/C24H21Cl2N3O6/c25-15-7-9-21(19(26)12-15)34-11-3-6-22(30)27-14-23(31)29-28-13-16-8-10-20(35-16)17-4-1-2-5-18(17)24(32)33/h1-2,4-5,7-10,12-13H,3,6,11,14H2,(H,27,30)(H,29,31)(H,32,33)/b28-13-. The second kappa shape index (κ2) is 12.6. The van der Waals surface area contributed by atoms with Crippen LogP contribution in [-0.4, -0.2) is 42.3 Å². The molecule has 3 aromatic rings. The highest BCUT2D eigenvalue weighted by Crippen LogP contribution is 2.27. The van der Waals surface area contributed by atoms with E-state index in [9.17, 15) is 19.5 Å². The van der Waals surface area contributed by atoms with E-state index in [2.05, 4.69) is 15.8 Å². The molecule has 0 spiro atoms. The number of furan rings is 1. The number of halogens is 2. The lowest BCUT2D eigenvalue weighted by Gasteiger charge is -2.08. The Labute approximate surface area is 210 Å². The highest BCUT2D eigenvalue weighted by atomic mass is 35.5. The van der Waals surface area contributed by atoms with Gasteiger partial charge in [0.05, 0.1) is 30.0 Å². The number of benzene rings is 2. The van der Waals surface area contributed by atoms with Crippen LogP contribution in [0.3, 0.4) is 0 Å². The van der Waals surface area contributed by atoms with Crippen molar-refractivity contribution in [1.29, 1.82) is 0 Å². The summed E-state index contributed by atoms with van der Waals surface area (Å²) in [6.07, 6.45) is 1.86. The van der Waals surface area contributed by atoms with Crippen molar-refractivity contribution in [3.63, 3.8) is 0 Å². The van der Waals surface area contributed by atoms with Gasteiger partial charge in [0.25, 0.3) is 5.91 Å². The van der Waals surface area contributed by atoms with Gasteiger partial charge in [-0.15, -0.1) is 0 Å². The van der Waals surface area contributed by atoms with Crippen LogP contribution in [0, 0.1) is 0 Å². The molecular weight excluding hydrogens is 497 g/mol. The predicted octanol–water partition coefficient (Wildman–Crippen LogP) is 4.38.